The molecule has 2 heteroatoms. The molecule has 0 aliphatic carbocycles. The minimum absolute atomic E-state index is 1.02. The summed E-state index contributed by atoms with van der Waals surface area (Å²) in [7, 11) is 2.12. The maximum Gasteiger partial charge on any atom is 0.0702 e. The Morgan fingerprint density at radius 2 is 1.67 bits per heavy atom. The van der Waals surface area contributed by atoms with Crippen LogP contribution in [0.15, 0.2) is 60.8 Å². The second kappa shape index (κ2) is 4.45. The van der Waals surface area contributed by atoms with Crippen LogP contribution in [-0.4, -0.2) is 9.55 Å². The Morgan fingerprint density at radius 3 is 2.48 bits per heavy atom. The van der Waals surface area contributed by atoms with Gasteiger partial charge >= 0.3 is 0 Å². The zero-order valence-electron chi connectivity index (χ0n) is 12.2. The molecule has 0 N–H and O–H groups in total. The lowest BCUT2D eigenvalue weighted by Crippen LogP contribution is -1.88. The smallest absolute Gasteiger partial charge is 0.0702 e. The summed E-state index contributed by atoms with van der Waals surface area (Å²) in [4.78, 5) is 4.53. The fraction of sp³-hybridized carbons (Fsp3) is 0.105. The van der Waals surface area contributed by atoms with Gasteiger partial charge in [0, 0.05) is 40.6 Å². The van der Waals surface area contributed by atoms with E-state index in [1.54, 1.807) is 0 Å². The molecule has 0 atom stereocenters. The van der Waals surface area contributed by atoms with E-state index in [0.29, 0.717) is 0 Å². The van der Waals surface area contributed by atoms with Gasteiger partial charge in [0.1, 0.15) is 0 Å². The van der Waals surface area contributed by atoms with Crippen molar-refractivity contribution < 1.29 is 0 Å². The zero-order chi connectivity index (χ0) is 14.4. The average molecular weight is 272 g/mol. The van der Waals surface area contributed by atoms with Gasteiger partial charge < -0.3 is 4.57 Å². The number of hydrogen-bond acceptors (Lipinski definition) is 1. The lowest BCUT2D eigenvalue weighted by Gasteiger charge is -2.03. The normalized spacial score (nSPS) is 11.3. The predicted octanol–water partition coefficient (Wildman–Crippen LogP) is 4.70. The van der Waals surface area contributed by atoms with Gasteiger partial charge in [-0.2, -0.15) is 0 Å². The fourth-order valence-corrected chi connectivity index (χ4v) is 2.96. The molecule has 0 aliphatic heterocycles. The molecule has 2 aromatic carbocycles. The van der Waals surface area contributed by atoms with Gasteiger partial charge in [0.25, 0.3) is 0 Å². The first-order valence-electron chi connectivity index (χ1n) is 7.14. The summed E-state index contributed by atoms with van der Waals surface area (Å²) in [6.45, 7) is 2.06. The maximum absolute atomic E-state index is 4.53. The van der Waals surface area contributed by atoms with E-state index in [2.05, 4.69) is 78.1 Å². The number of aryl methyl sites for hydroxylation is 2. The van der Waals surface area contributed by atoms with Crippen LogP contribution in [0.25, 0.3) is 33.1 Å². The minimum atomic E-state index is 1.02. The highest BCUT2D eigenvalue weighted by Gasteiger charge is 2.09. The van der Waals surface area contributed by atoms with Crippen molar-refractivity contribution in [3.63, 3.8) is 0 Å². The molecule has 21 heavy (non-hydrogen) atoms. The van der Waals surface area contributed by atoms with Crippen LogP contribution in [0.3, 0.4) is 0 Å². The maximum atomic E-state index is 4.53. The van der Waals surface area contributed by atoms with Crippen LogP contribution < -0.4 is 0 Å². The van der Waals surface area contributed by atoms with Crippen LogP contribution >= 0.6 is 0 Å². The molecule has 4 aromatic rings. The third-order valence-corrected chi connectivity index (χ3v) is 4.12. The van der Waals surface area contributed by atoms with E-state index in [1.807, 2.05) is 6.20 Å². The molecule has 4 rings (SSSR count). The van der Waals surface area contributed by atoms with Crippen molar-refractivity contribution in [3.05, 3.63) is 66.4 Å². The number of benzene rings is 2. The number of hydrogen-bond donors (Lipinski definition) is 0. The highest BCUT2D eigenvalue weighted by Crippen LogP contribution is 2.30. The van der Waals surface area contributed by atoms with E-state index in [4.69, 9.17) is 0 Å². The quantitative estimate of drug-likeness (QED) is 0.491. The van der Waals surface area contributed by atoms with Crippen molar-refractivity contribution in [2.75, 3.05) is 0 Å². The molecule has 2 aromatic heterocycles. The number of nitrogens with zero attached hydrogens (tertiary/aromatic N) is 2. The standard InChI is InChI=1S/C19H16N2/c1-13-7-10-17(20-12-13)14-8-9-16-15-5-3-4-6-18(15)21(2)19(16)11-14/h3-12H,1-2H3. The first-order chi connectivity index (χ1) is 10.2. The van der Waals surface area contributed by atoms with Crippen LogP contribution in [0.4, 0.5) is 0 Å². The number of rotatable bonds is 1. The number of pyridine rings is 1. The Hall–Kier alpha value is -2.61. The van der Waals surface area contributed by atoms with Crippen LogP contribution in [0.5, 0.6) is 0 Å². The van der Waals surface area contributed by atoms with Gasteiger partial charge in [0.15, 0.2) is 0 Å². The van der Waals surface area contributed by atoms with Gasteiger partial charge in [-0.05, 0) is 30.7 Å². The Bertz CT molecular complexity index is 947. The Balaban J connectivity index is 2.00. The Morgan fingerprint density at radius 1 is 0.857 bits per heavy atom. The van der Waals surface area contributed by atoms with E-state index in [9.17, 15) is 0 Å². The molecule has 0 saturated carbocycles. The zero-order valence-corrected chi connectivity index (χ0v) is 12.2. The van der Waals surface area contributed by atoms with E-state index in [-0.39, 0.29) is 0 Å². The molecule has 0 bridgehead atoms. The summed E-state index contributed by atoms with van der Waals surface area (Å²) in [6.07, 6.45) is 1.92. The Kier molecular flexibility index (Phi) is 2.58. The number of para-hydroxylation sites is 1. The van der Waals surface area contributed by atoms with Gasteiger partial charge in [-0.1, -0.05) is 36.4 Å². The molecular formula is C19H16N2. The van der Waals surface area contributed by atoms with Crippen molar-refractivity contribution in [3.8, 4) is 11.3 Å². The van der Waals surface area contributed by atoms with Gasteiger partial charge in [0.05, 0.1) is 5.69 Å². The van der Waals surface area contributed by atoms with Crippen LogP contribution in [0.2, 0.25) is 0 Å². The van der Waals surface area contributed by atoms with Crippen LogP contribution in [0, 0.1) is 6.92 Å². The first-order valence-corrected chi connectivity index (χ1v) is 7.14. The molecule has 0 radical (unpaired) electrons. The summed E-state index contributed by atoms with van der Waals surface area (Å²) < 4.78 is 2.25. The molecule has 2 heterocycles. The molecular weight excluding hydrogens is 256 g/mol. The first kappa shape index (κ1) is 12.2. The summed E-state index contributed by atoms with van der Waals surface area (Å²) in [5.41, 5.74) is 5.88. The lowest BCUT2D eigenvalue weighted by atomic mass is 10.1. The summed E-state index contributed by atoms with van der Waals surface area (Å²) >= 11 is 0. The van der Waals surface area contributed by atoms with Crippen molar-refractivity contribution in [1.29, 1.82) is 0 Å². The van der Waals surface area contributed by atoms with E-state index < -0.39 is 0 Å². The molecule has 0 spiro atoms. The third-order valence-electron chi connectivity index (χ3n) is 4.12. The lowest BCUT2D eigenvalue weighted by molar-refractivity contribution is 1.01. The van der Waals surface area contributed by atoms with Crippen molar-refractivity contribution in [2.24, 2.45) is 7.05 Å². The van der Waals surface area contributed by atoms with Crippen molar-refractivity contribution in [1.82, 2.24) is 9.55 Å². The molecule has 102 valence electrons. The highest BCUT2D eigenvalue weighted by atomic mass is 14.9. The fourth-order valence-electron chi connectivity index (χ4n) is 2.96. The topological polar surface area (TPSA) is 17.8 Å². The molecule has 0 unspecified atom stereocenters. The third kappa shape index (κ3) is 1.83. The highest BCUT2D eigenvalue weighted by molar-refractivity contribution is 6.08. The second-order valence-corrected chi connectivity index (χ2v) is 5.53. The summed E-state index contributed by atoms with van der Waals surface area (Å²) in [6, 6.07) is 19.3. The van der Waals surface area contributed by atoms with E-state index >= 15 is 0 Å². The van der Waals surface area contributed by atoms with Gasteiger partial charge in [-0.3, -0.25) is 4.98 Å². The molecule has 2 nitrogen and oxygen atoms in total. The average Bonchev–Trinajstić information content (AvgIpc) is 2.81. The van der Waals surface area contributed by atoms with Gasteiger partial charge in [-0.15, -0.1) is 0 Å². The van der Waals surface area contributed by atoms with Crippen LogP contribution in [-0.2, 0) is 7.05 Å². The van der Waals surface area contributed by atoms with Gasteiger partial charge in [-0.25, -0.2) is 0 Å². The monoisotopic (exact) mass is 272 g/mol. The van der Waals surface area contributed by atoms with Crippen molar-refractivity contribution >= 4 is 21.8 Å². The number of fused-ring (bicyclic) bond motifs is 3. The molecule has 0 aliphatic rings. The molecule has 0 fully saturated rings. The molecule has 0 amide bonds. The van der Waals surface area contributed by atoms with E-state index in [0.717, 1.165) is 11.3 Å². The van der Waals surface area contributed by atoms with Crippen LogP contribution in [0.1, 0.15) is 5.56 Å². The predicted molar refractivity (Wildman–Crippen MR) is 88.4 cm³/mol. The molecule has 0 saturated heterocycles. The summed E-state index contributed by atoms with van der Waals surface area (Å²) in [5, 5.41) is 2.60. The van der Waals surface area contributed by atoms with Gasteiger partial charge in [0.2, 0.25) is 0 Å². The number of aromatic nitrogens is 2. The second-order valence-electron chi connectivity index (χ2n) is 5.53. The van der Waals surface area contributed by atoms with Crippen molar-refractivity contribution in [2.45, 2.75) is 6.92 Å². The largest absolute Gasteiger partial charge is 0.344 e. The Labute approximate surface area is 123 Å². The summed E-state index contributed by atoms with van der Waals surface area (Å²) in [5.74, 6) is 0. The minimum Gasteiger partial charge on any atom is -0.344 e. The SMILES string of the molecule is Cc1ccc(-c2ccc3c4ccccc4n(C)c3c2)nc1. The van der Waals surface area contributed by atoms with E-state index in [1.165, 1.54) is 27.4 Å².